The maximum atomic E-state index is 12.3. The highest BCUT2D eigenvalue weighted by Crippen LogP contribution is 2.12. The number of hydrogen-bond donors (Lipinski definition) is 2. The second-order valence-electron chi connectivity index (χ2n) is 7.86. The van der Waals surface area contributed by atoms with Crippen LogP contribution in [0.2, 0.25) is 0 Å². The number of hydrogen-bond acceptors (Lipinski definition) is 4. The van der Waals surface area contributed by atoms with Crippen molar-refractivity contribution in [1.29, 1.82) is 0 Å². The van der Waals surface area contributed by atoms with Gasteiger partial charge < -0.3 is 15.2 Å². The molecule has 2 aromatic rings. The van der Waals surface area contributed by atoms with Crippen molar-refractivity contribution < 1.29 is 24.2 Å². The van der Waals surface area contributed by atoms with Gasteiger partial charge in [0.25, 0.3) is 0 Å². The first-order valence-electron chi connectivity index (χ1n) is 9.52. The number of carboxylic acid groups (broad SMARTS) is 1. The van der Waals surface area contributed by atoms with Crippen LogP contribution in [0.5, 0.6) is 0 Å². The summed E-state index contributed by atoms with van der Waals surface area (Å²) in [6.45, 7) is 5.14. The van der Waals surface area contributed by atoms with Gasteiger partial charge in [-0.3, -0.25) is 4.79 Å². The lowest BCUT2D eigenvalue weighted by Gasteiger charge is -2.22. The monoisotopic (exact) mass is 397 g/mol. The Bertz CT molecular complexity index is 838. The second kappa shape index (κ2) is 9.87. The van der Waals surface area contributed by atoms with Crippen molar-refractivity contribution in [2.75, 3.05) is 0 Å². The Morgan fingerprint density at radius 1 is 0.966 bits per heavy atom. The van der Waals surface area contributed by atoms with Gasteiger partial charge in [0.05, 0.1) is 0 Å². The summed E-state index contributed by atoms with van der Waals surface area (Å²) in [6.07, 6.45) is 0.262. The Balaban J connectivity index is 1.90. The van der Waals surface area contributed by atoms with Crippen LogP contribution in [0.4, 0.5) is 4.79 Å². The van der Waals surface area contributed by atoms with Gasteiger partial charge >= 0.3 is 12.1 Å². The molecule has 6 heteroatoms. The Morgan fingerprint density at radius 2 is 1.55 bits per heavy atom. The highest BCUT2D eigenvalue weighted by Gasteiger charge is 2.23. The number of carboxylic acids is 1. The molecule has 154 valence electrons. The fourth-order valence-corrected chi connectivity index (χ4v) is 2.75. The summed E-state index contributed by atoms with van der Waals surface area (Å²) in [7, 11) is 0. The van der Waals surface area contributed by atoms with E-state index in [0.717, 1.165) is 11.1 Å². The summed E-state index contributed by atoms with van der Waals surface area (Å²) in [4.78, 5) is 35.5. The average molecular weight is 397 g/mol. The van der Waals surface area contributed by atoms with Gasteiger partial charge in [-0.15, -0.1) is 0 Å². The number of nitrogens with one attached hydrogen (secondary N) is 1. The number of aliphatic carboxylic acids is 1. The number of Topliss-reactive ketones (excluding diaryl/α,β-unsaturated/α-hetero) is 1. The molecule has 0 radical (unpaired) electrons. The summed E-state index contributed by atoms with van der Waals surface area (Å²) in [5.74, 6) is -1.06. The Hall–Kier alpha value is -3.15. The van der Waals surface area contributed by atoms with E-state index in [-0.39, 0.29) is 12.2 Å². The van der Waals surface area contributed by atoms with E-state index >= 15 is 0 Å². The predicted octanol–water partition coefficient (Wildman–Crippen LogP) is 4.02. The molecular weight excluding hydrogens is 370 g/mol. The summed E-state index contributed by atoms with van der Waals surface area (Å²) in [5.41, 5.74) is 1.80. The van der Waals surface area contributed by atoms with Crippen molar-refractivity contribution in [2.45, 2.75) is 51.7 Å². The Labute approximate surface area is 170 Å². The topological polar surface area (TPSA) is 92.7 Å². The maximum absolute atomic E-state index is 12.3. The van der Waals surface area contributed by atoms with Gasteiger partial charge in [0.15, 0.2) is 5.78 Å². The normalized spacial score (nSPS) is 12.1. The lowest BCUT2D eigenvalue weighted by atomic mass is 10.00. The number of amides is 1. The number of aryl methyl sites for hydroxylation is 1. The van der Waals surface area contributed by atoms with E-state index in [2.05, 4.69) is 5.32 Å². The van der Waals surface area contributed by atoms with Crippen LogP contribution in [-0.2, 0) is 22.4 Å². The molecule has 0 spiro atoms. The third-order valence-electron chi connectivity index (χ3n) is 4.19. The highest BCUT2D eigenvalue weighted by atomic mass is 16.6. The summed E-state index contributed by atoms with van der Waals surface area (Å²) in [5, 5.41) is 11.7. The predicted molar refractivity (Wildman–Crippen MR) is 110 cm³/mol. The SMILES string of the molecule is CC(C)(C)OC(=O)N[C@@H](CCc1ccc(CC(=O)c2ccccc2)cc1)C(=O)O. The number of alkyl carbamates (subject to hydrolysis) is 1. The number of ketones is 1. The zero-order valence-electron chi connectivity index (χ0n) is 17.0. The van der Waals surface area contributed by atoms with E-state index in [1.807, 2.05) is 42.5 Å². The number of carbonyl (C=O) groups excluding carboxylic acids is 2. The van der Waals surface area contributed by atoms with E-state index in [1.165, 1.54) is 0 Å². The lowest BCUT2D eigenvalue weighted by Crippen LogP contribution is -2.43. The molecule has 2 rings (SSSR count). The fourth-order valence-electron chi connectivity index (χ4n) is 2.75. The van der Waals surface area contributed by atoms with Gasteiger partial charge in [0.2, 0.25) is 0 Å². The van der Waals surface area contributed by atoms with Crippen LogP contribution in [0, 0.1) is 0 Å². The van der Waals surface area contributed by atoms with Crippen molar-refractivity contribution in [3.63, 3.8) is 0 Å². The molecule has 0 saturated carbocycles. The van der Waals surface area contributed by atoms with Crippen molar-refractivity contribution in [2.24, 2.45) is 0 Å². The molecule has 0 bridgehead atoms. The molecule has 0 aromatic heterocycles. The molecule has 0 aliphatic carbocycles. The van der Waals surface area contributed by atoms with Crippen LogP contribution in [0.3, 0.4) is 0 Å². The largest absolute Gasteiger partial charge is 0.480 e. The molecule has 2 N–H and O–H groups in total. The zero-order valence-corrected chi connectivity index (χ0v) is 17.0. The molecule has 0 saturated heterocycles. The van der Waals surface area contributed by atoms with Crippen molar-refractivity contribution in [3.8, 4) is 0 Å². The molecule has 0 aliphatic heterocycles. The Kier molecular flexibility index (Phi) is 7.53. The van der Waals surface area contributed by atoms with Crippen LogP contribution in [0.1, 0.15) is 48.7 Å². The highest BCUT2D eigenvalue weighted by molar-refractivity contribution is 5.97. The van der Waals surface area contributed by atoms with Gasteiger partial charge in [0, 0.05) is 12.0 Å². The first-order chi connectivity index (χ1) is 13.6. The fraction of sp³-hybridized carbons (Fsp3) is 0.348. The molecule has 0 fully saturated rings. The molecule has 0 unspecified atom stereocenters. The molecular formula is C23H27NO5. The van der Waals surface area contributed by atoms with E-state index in [9.17, 15) is 19.5 Å². The first kappa shape index (κ1) is 22.1. The number of ether oxygens (including phenoxy) is 1. The molecule has 29 heavy (non-hydrogen) atoms. The van der Waals surface area contributed by atoms with Gasteiger partial charge in [0.1, 0.15) is 11.6 Å². The molecule has 0 heterocycles. The van der Waals surface area contributed by atoms with Crippen LogP contribution < -0.4 is 5.32 Å². The molecule has 2 aromatic carbocycles. The quantitative estimate of drug-likeness (QED) is 0.656. The maximum Gasteiger partial charge on any atom is 0.408 e. The molecule has 1 atom stereocenters. The molecule has 6 nitrogen and oxygen atoms in total. The molecule has 0 aliphatic rings. The van der Waals surface area contributed by atoms with Crippen LogP contribution in [-0.4, -0.2) is 34.6 Å². The smallest absolute Gasteiger partial charge is 0.408 e. The van der Waals surface area contributed by atoms with E-state index in [0.29, 0.717) is 18.4 Å². The van der Waals surface area contributed by atoms with E-state index in [4.69, 9.17) is 4.74 Å². The standard InChI is InChI=1S/C23H27NO5/c1-23(2,3)29-22(28)24-19(21(26)27)14-13-16-9-11-17(12-10-16)15-20(25)18-7-5-4-6-8-18/h4-12,19H,13-15H2,1-3H3,(H,24,28)(H,26,27)/t19-/m0/s1. The third-order valence-corrected chi connectivity index (χ3v) is 4.19. The van der Waals surface area contributed by atoms with Gasteiger partial charge in [-0.25, -0.2) is 9.59 Å². The summed E-state index contributed by atoms with van der Waals surface area (Å²) < 4.78 is 5.11. The van der Waals surface area contributed by atoms with Gasteiger partial charge in [-0.1, -0.05) is 54.6 Å². The number of carbonyl (C=O) groups is 3. The van der Waals surface area contributed by atoms with E-state index < -0.39 is 23.7 Å². The Morgan fingerprint density at radius 3 is 2.10 bits per heavy atom. The molecule has 1 amide bonds. The summed E-state index contributed by atoms with van der Waals surface area (Å²) in [6, 6.07) is 15.6. The summed E-state index contributed by atoms with van der Waals surface area (Å²) >= 11 is 0. The minimum atomic E-state index is -1.11. The van der Waals surface area contributed by atoms with Crippen LogP contribution >= 0.6 is 0 Å². The minimum absolute atomic E-state index is 0.0471. The minimum Gasteiger partial charge on any atom is -0.480 e. The lowest BCUT2D eigenvalue weighted by molar-refractivity contribution is -0.139. The van der Waals surface area contributed by atoms with Gasteiger partial charge in [-0.2, -0.15) is 0 Å². The van der Waals surface area contributed by atoms with Crippen molar-refractivity contribution in [3.05, 3.63) is 71.3 Å². The van der Waals surface area contributed by atoms with E-state index in [1.54, 1.807) is 32.9 Å². The zero-order chi connectivity index (χ0) is 21.4. The van der Waals surface area contributed by atoms with Crippen LogP contribution in [0.25, 0.3) is 0 Å². The number of benzene rings is 2. The van der Waals surface area contributed by atoms with Crippen molar-refractivity contribution >= 4 is 17.8 Å². The first-order valence-corrected chi connectivity index (χ1v) is 9.52. The van der Waals surface area contributed by atoms with Crippen LogP contribution in [0.15, 0.2) is 54.6 Å². The number of rotatable bonds is 8. The van der Waals surface area contributed by atoms with Gasteiger partial charge in [-0.05, 0) is 44.7 Å². The second-order valence-corrected chi connectivity index (χ2v) is 7.86. The third kappa shape index (κ3) is 7.78. The van der Waals surface area contributed by atoms with Crippen molar-refractivity contribution in [1.82, 2.24) is 5.32 Å². The average Bonchev–Trinajstić information content (AvgIpc) is 2.65.